The lowest BCUT2D eigenvalue weighted by Crippen LogP contribution is -2.39. The van der Waals surface area contributed by atoms with Crippen LogP contribution in [-0.4, -0.2) is 33.8 Å². The van der Waals surface area contributed by atoms with Crippen LogP contribution >= 0.6 is 11.3 Å². The second-order valence-corrected chi connectivity index (χ2v) is 9.96. The summed E-state index contributed by atoms with van der Waals surface area (Å²) >= 11 is 1.29. The first kappa shape index (κ1) is 25.3. The minimum Gasteiger partial charge on any atom is -0.494 e. The van der Waals surface area contributed by atoms with Crippen molar-refractivity contribution in [1.29, 1.82) is 0 Å². The van der Waals surface area contributed by atoms with E-state index in [1.54, 1.807) is 48.3 Å². The van der Waals surface area contributed by atoms with Crippen LogP contribution in [0.2, 0.25) is 0 Å². The van der Waals surface area contributed by atoms with Gasteiger partial charge in [0.15, 0.2) is 16.6 Å². The number of amides is 1. The molecule has 5 rings (SSSR count). The maximum absolute atomic E-state index is 14.6. The third-order valence-electron chi connectivity index (χ3n) is 6.01. The zero-order chi connectivity index (χ0) is 26.8. The van der Waals surface area contributed by atoms with Crippen molar-refractivity contribution in [3.63, 3.8) is 0 Å². The van der Waals surface area contributed by atoms with Gasteiger partial charge in [-0.05, 0) is 74.0 Å². The number of aromatic nitrogens is 3. The number of methoxy groups -OCH3 is 1. The van der Waals surface area contributed by atoms with Crippen LogP contribution in [0.15, 0.2) is 73.1 Å². The summed E-state index contributed by atoms with van der Waals surface area (Å²) < 4.78 is 41.1. The summed E-state index contributed by atoms with van der Waals surface area (Å²) in [6, 6.07) is 15.5. The summed E-state index contributed by atoms with van der Waals surface area (Å²) in [7, 11) is 1.40. The van der Waals surface area contributed by atoms with Crippen LogP contribution in [0.5, 0.6) is 11.5 Å². The first-order valence-corrected chi connectivity index (χ1v) is 12.6. The number of ether oxygens (including phenoxy) is 2. The van der Waals surface area contributed by atoms with Crippen LogP contribution in [0.1, 0.15) is 33.3 Å². The zero-order valence-electron chi connectivity index (χ0n) is 20.8. The van der Waals surface area contributed by atoms with Gasteiger partial charge in [-0.2, -0.15) is 5.10 Å². The molecule has 0 aliphatic carbocycles. The largest absolute Gasteiger partial charge is 0.494 e. The minimum atomic E-state index is -0.731. The van der Waals surface area contributed by atoms with Crippen LogP contribution in [0, 0.1) is 18.6 Å². The molecule has 0 fully saturated rings. The Kier molecular flexibility index (Phi) is 7.06. The van der Waals surface area contributed by atoms with E-state index in [1.807, 2.05) is 19.1 Å². The Morgan fingerprint density at radius 2 is 1.84 bits per heavy atom. The number of hydrogen-bond acceptors (Lipinski definition) is 6. The van der Waals surface area contributed by atoms with Crippen molar-refractivity contribution in [3.8, 4) is 17.2 Å². The first-order chi connectivity index (χ1) is 18.3. The average molecular weight is 535 g/mol. The van der Waals surface area contributed by atoms with Crippen LogP contribution in [0.3, 0.4) is 0 Å². The lowest BCUT2D eigenvalue weighted by Gasteiger charge is -2.26. The molecule has 2 heterocycles. The predicted octanol–water partition coefficient (Wildman–Crippen LogP) is 6.02. The summed E-state index contributed by atoms with van der Waals surface area (Å²) in [5.41, 5.74) is 2.04. The number of nitrogens with zero attached hydrogens (tertiary/aromatic N) is 3. The molecule has 0 spiro atoms. The maximum Gasteiger partial charge on any atom is 0.280 e. The molecule has 0 aliphatic heterocycles. The Morgan fingerprint density at radius 1 is 1.05 bits per heavy atom. The number of carbonyl (C=O) groups is 1. The molecule has 1 amide bonds. The molecule has 2 aromatic heterocycles. The Bertz CT molecular complexity index is 1600. The van der Waals surface area contributed by atoms with Crippen molar-refractivity contribution < 1.29 is 23.0 Å². The fourth-order valence-electron chi connectivity index (χ4n) is 4.14. The van der Waals surface area contributed by atoms with Gasteiger partial charge in [-0.25, -0.2) is 18.4 Å². The molecule has 194 valence electrons. The summed E-state index contributed by atoms with van der Waals surface area (Å²) in [4.78, 5) is 17.9. The van der Waals surface area contributed by atoms with E-state index < -0.39 is 18.0 Å². The van der Waals surface area contributed by atoms with E-state index in [4.69, 9.17) is 9.47 Å². The number of carbonyl (C=O) groups excluding carboxylic acids is 1. The van der Waals surface area contributed by atoms with Crippen molar-refractivity contribution in [2.45, 2.75) is 26.0 Å². The molecular formula is C28H24F2N4O3S. The van der Waals surface area contributed by atoms with E-state index >= 15 is 0 Å². The lowest BCUT2D eigenvalue weighted by atomic mass is 10.0. The van der Waals surface area contributed by atoms with Crippen LogP contribution in [-0.2, 0) is 0 Å². The van der Waals surface area contributed by atoms with Gasteiger partial charge in [0, 0.05) is 16.5 Å². The summed E-state index contributed by atoms with van der Waals surface area (Å²) in [6.45, 7) is 3.66. The van der Waals surface area contributed by atoms with Gasteiger partial charge in [0.25, 0.3) is 5.91 Å². The first-order valence-electron chi connectivity index (χ1n) is 11.8. The van der Waals surface area contributed by atoms with Gasteiger partial charge in [-0.15, -0.1) is 11.3 Å². The van der Waals surface area contributed by atoms with Crippen molar-refractivity contribution in [2.24, 2.45) is 0 Å². The molecule has 10 heteroatoms. The SMILES string of the molecule is COc1ccc([C@@H](Oc2ccc3c(cnn3-c3ccc(F)cc3)c2)[C@H](C)NC(=O)c2ncc(C)s2)cc1F. The molecule has 0 bridgehead atoms. The number of halogens is 2. The van der Waals surface area contributed by atoms with Gasteiger partial charge in [-0.3, -0.25) is 4.79 Å². The molecule has 1 N–H and O–H groups in total. The van der Waals surface area contributed by atoms with E-state index in [2.05, 4.69) is 15.4 Å². The van der Waals surface area contributed by atoms with Crippen LogP contribution < -0.4 is 14.8 Å². The molecule has 38 heavy (non-hydrogen) atoms. The summed E-state index contributed by atoms with van der Waals surface area (Å²) in [5, 5.41) is 8.48. The molecule has 0 radical (unpaired) electrons. The minimum absolute atomic E-state index is 0.108. The standard InChI is InChI=1S/C28H24F2N4O3S/c1-16-14-31-28(38-16)27(35)33-17(2)26(18-4-11-25(36-3)23(30)13-18)37-22-9-10-24-19(12-22)15-32-34(24)21-7-5-20(29)6-8-21/h4-15,17,26H,1-3H3,(H,33,35)/t17-,26-/m0/s1. The fourth-order valence-corrected chi connectivity index (χ4v) is 4.81. The van der Waals surface area contributed by atoms with Crippen LogP contribution in [0.4, 0.5) is 8.78 Å². The number of hydrogen-bond donors (Lipinski definition) is 1. The third kappa shape index (κ3) is 5.21. The number of aryl methyl sites for hydroxylation is 1. The molecule has 5 aromatic rings. The normalized spacial score (nSPS) is 12.8. The topological polar surface area (TPSA) is 78.3 Å². The lowest BCUT2D eigenvalue weighted by molar-refractivity contribution is 0.0881. The smallest absolute Gasteiger partial charge is 0.280 e. The molecule has 0 unspecified atom stereocenters. The maximum atomic E-state index is 14.6. The van der Waals surface area contributed by atoms with E-state index in [1.165, 1.54) is 42.7 Å². The molecule has 2 atom stereocenters. The zero-order valence-corrected chi connectivity index (χ0v) is 21.6. The van der Waals surface area contributed by atoms with Gasteiger partial charge in [0.05, 0.1) is 30.6 Å². The Morgan fingerprint density at radius 3 is 2.53 bits per heavy atom. The van der Waals surface area contributed by atoms with Gasteiger partial charge in [-0.1, -0.05) is 6.07 Å². The second kappa shape index (κ2) is 10.6. The number of nitrogens with one attached hydrogen (secondary N) is 1. The van der Waals surface area contributed by atoms with Gasteiger partial charge in [0.2, 0.25) is 0 Å². The highest BCUT2D eigenvalue weighted by atomic mass is 32.1. The van der Waals surface area contributed by atoms with Crippen molar-refractivity contribution >= 4 is 28.1 Å². The number of thiazole rings is 1. The fraction of sp³-hybridized carbons (Fsp3) is 0.179. The highest BCUT2D eigenvalue weighted by Gasteiger charge is 2.26. The van der Waals surface area contributed by atoms with Gasteiger partial charge < -0.3 is 14.8 Å². The number of rotatable bonds is 8. The van der Waals surface area contributed by atoms with E-state index in [-0.39, 0.29) is 17.5 Å². The Hall–Kier alpha value is -4.31. The molecule has 0 saturated carbocycles. The third-order valence-corrected chi connectivity index (χ3v) is 6.92. The highest BCUT2D eigenvalue weighted by molar-refractivity contribution is 7.13. The van der Waals surface area contributed by atoms with Gasteiger partial charge >= 0.3 is 0 Å². The quantitative estimate of drug-likeness (QED) is 0.264. The molecular weight excluding hydrogens is 510 g/mol. The number of fused-ring (bicyclic) bond motifs is 1. The Labute approximate surface area is 221 Å². The predicted molar refractivity (Wildman–Crippen MR) is 141 cm³/mol. The van der Waals surface area contributed by atoms with Crippen LogP contribution in [0.25, 0.3) is 16.6 Å². The summed E-state index contributed by atoms with van der Waals surface area (Å²) in [5.74, 6) is -0.591. The molecule has 7 nitrogen and oxygen atoms in total. The average Bonchev–Trinajstić information content (AvgIpc) is 3.53. The van der Waals surface area contributed by atoms with Gasteiger partial charge in [0.1, 0.15) is 17.7 Å². The van der Waals surface area contributed by atoms with E-state index in [0.717, 1.165) is 21.5 Å². The monoisotopic (exact) mass is 534 g/mol. The highest BCUT2D eigenvalue weighted by Crippen LogP contribution is 2.31. The Balaban J connectivity index is 1.45. The summed E-state index contributed by atoms with van der Waals surface area (Å²) in [6.07, 6.45) is 2.59. The molecule has 0 aliphatic rings. The van der Waals surface area contributed by atoms with E-state index in [0.29, 0.717) is 16.3 Å². The molecule has 0 saturated heterocycles. The van der Waals surface area contributed by atoms with Crippen molar-refractivity contribution in [1.82, 2.24) is 20.1 Å². The molecule has 3 aromatic carbocycles. The number of benzene rings is 3. The van der Waals surface area contributed by atoms with E-state index in [9.17, 15) is 13.6 Å². The second-order valence-electron chi connectivity index (χ2n) is 8.72. The van der Waals surface area contributed by atoms with Crippen molar-refractivity contribution in [2.75, 3.05) is 7.11 Å². The van der Waals surface area contributed by atoms with Crippen molar-refractivity contribution in [3.05, 3.63) is 100 Å².